The van der Waals surface area contributed by atoms with Crippen molar-refractivity contribution in [2.45, 2.75) is 31.2 Å². The smallest absolute Gasteiger partial charge is 0.280 e. The van der Waals surface area contributed by atoms with Gasteiger partial charge in [-0.25, -0.2) is 9.37 Å². The van der Waals surface area contributed by atoms with Crippen LogP contribution in [0.4, 0.5) is 15.1 Å². The first-order valence-electron chi connectivity index (χ1n) is 11.5. The summed E-state index contributed by atoms with van der Waals surface area (Å²) in [5, 5.41) is 3.92. The van der Waals surface area contributed by atoms with Gasteiger partial charge in [0, 0.05) is 44.5 Å². The summed E-state index contributed by atoms with van der Waals surface area (Å²) in [5.74, 6) is 0.278. The number of hydrogen-bond donors (Lipinski definition) is 1. The highest BCUT2D eigenvalue weighted by Crippen LogP contribution is 2.41. The fourth-order valence-corrected chi connectivity index (χ4v) is 5.25. The standard InChI is InChI=1S/C24H31FN6O2S/c1-26-21(31-14-15(7-10-30(3)4)18-13-16(25)5-6-19(18)31)20-23(27-2)34-24(29-20)22(32)28-17-8-11-33-12-9-17/h5-6,13,15,17H,2,7-12,14H2,1,3-4H3,(H,28,32). The summed E-state index contributed by atoms with van der Waals surface area (Å²) in [6.45, 7) is 6.51. The molecule has 0 radical (unpaired) electrons. The molecule has 1 saturated heterocycles. The number of benzene rings is 1. The molecular formula is C24H31FN6O2S. The zero-order valence-corrected chi connectivity index (χ0v) is 20.7. The molecule has 3 heterocycles. The predicted molar refractivity (Wildman–Crippen MR) is 135 cm³/mol. The average Bonchev–Trinajstić information content (AvgIpc) is 3.41. The number of halogens is 1. The van der Waals surface area contributed by atoms with Gasteiger partial charge in [0.05, 0.1) is 0 Å². The molecule has 0 aliphatic carbocycles. The Morgan fingerprint density at radius 3 is 2.82 bits per heavy atom. The van der Waals surface area contributed by atoms with Crippen LogP contribution in [0.15, 0.2) is 28.2 Å². The lowest BCUT2D eigenvalue weighted by Crippen LogP contribution is -2.39. The number of ether oxygens (including phenoxy) is 1. The molecule has 34 heavy (non-hydrogen) atoms. The zero-order chi connectivity index (χ0) is 24.2. The van der Waals surface area contributed by atoms with E-state index in [0.29, 0.717) is 41.3 Å². The van der Waals surface area contributed by atoms with Crippen LogP contribution in [0.3, 0.4) is 0 Å². The lowest BCUT2D eigenvalue weighted by atomic mass is 9.98. The Morgan fingerprint density at radius 2 is 2.15 bits per heavy atom. The normalized spacial score (nSPS) is 18.9. The van der Waals surface area contributed by atoms with E-state index in [0.717, 1.165) is 37.1 Å². The Labute approximate surface area is 203 Å². The highest BCUT2D eigenvalue weighted by molar-refractivity contribution is 7.17. The summed E-state index contributed by atoms with van der Waals surface area (Å²) in [6, 6.07) is 4.94. The van der Waals surface area contributed by atoms with Gasteiger partial charge in [-0.1, -0.05) is 11.3 Å². The van der Waals surface area contributed by atoms with Crippen LogP contribution in [-0.2, 0) is 4.74 Å². The van der Waals surface area contributed by atoms with Crippen molar-refractivity contribution < 1.29 is 13.9 Å². The molecule has 8 nitrogen and oxygen atoms in total. The first-order chi connectivity index (χ1) is 16.4. The maximum atomic E-state index is 14.1. The number of fused-ring (bicyclic) bond motifs is 1. The van der Waals surface area contributed by atoms with Gasteiger partial charge in [0.1, 0.15) is 16.5 Å². The Balaban J connectivity index is 1.62. The fraction of sp³-hybridized carbons (Fsp3) is 0.500. The van der Waals surface area contributed by atoms with E-state index in [1.54, 1.807) is 19.2 Å². The average molecular weight is 487 g/mol. The molecule has 0 bridgehead atoms. The third-order valence-electron chi connectivity index (χ3n) is 6.23. The molecule has 4 rings (SSSR count). The van der Waals surface area contributed by atoms with Gasteiger partial charge in [-0.2, -0.15) is 0 Å². The van der Waals surface area contributed by atoms with Crippen LogP contribution in [0.5, 0.6) is 0 Å². The maximum absolute atomic E-state index is 14.1. The molecule has 0 spiro atoms. The molecule has 2 aliphatic rings. The van der Waals surface area contributed by atoms with E-state index in [1.165, 1.54) is 17.4 Å². The Kier molecular flexibility index (Phi) is 7.70. The van der Waals surface area contributed by atoms with Gasteiger partial charge >= 0.3 is 0 Å². The summed E-state index contributed by atoms with van der Waals surface area (Å²) < 4.78 is 19.5. The predicted octanol–water partition coefficient (Wildman–Crippen LogP) is 3.46. The minimum absolute atomic E-state index is 0.0749. The van der Waals surface area contributed by atoms with Crippen molar-refractivity contribution in [3.63, 3.8) is 0 Å². The number of carbonyl (C=O) groups is 1. The Bertz CT molecular complexity index is 1080. The van der Waals surface area contributed by atoms with E-state index in [1.807, 2.05) is 14.1 Å². The molecule has 1 N–H and O–H groups in total. The number of hydrogen-bond acceptors (Lipinski definition) is 7. The second-order valence-corrected chi connectivity index (χ2v) is 9.82. The van der Waals surface area contributed by atoms with Crippen LogP contribution in [0.25, 0.3) is 0 Å². The largest absolute Gasteiger partial charge is 0.381 e. The number of aliphatic imine (C=N–C) groups is 2. The maximum Gasteiger partial charge on any atom is 0.280 e. The number of rotatable bonds is 7. The number of nitrogens with one attached hydrogen (secondary N) is 1. The molecule has 2 aromatic rings. The van der Waals surface area contributed by atoms with E-state index in [4.69, 9.17) is 4.74 Å². The molecule has 1 aromatic heterocycles. The molecule has 2 aliphatic heterocycles. The van der Waals surface area contributed by atoms with Crippen molar-refractivity contribution in [2.24, 2.45) is 9.98 Å². The topological polar surface area (TPSA) is 82.4 Å². The Morgan fingerprint density at radius 1 is 1.38 bits per heavy atom. The van der Waals surface area contributed by atoms with Gasteiger partial charge in [0.15, 0.2) is 10.8 Å². The second-order valence-electron chi connectivity index (χ2n) is 8.84. The molecule has 1 atom stereocenters. The molecule has 1 amide bonds. The molecule has 182 valence electrons. The summed E-state index contributed by atoms with van der Waals surface area (Å²) in [7, 11) is 5.75. The van der Waals surface area contributed by atoms with Gasteiger partial charge in [0.25, 0.3) is 5.91 Å². The zero-order valence-electron chi connectivity index (χ0n) is 19.9. The SMILES string of the molecule is C=Nc1sc(C(=O)NC2CCOCC2)nc1C(=NC)N1CC(CCN(C)C)c2cc(F)ccc21. The number of carbonyl (C=O) groups excluding carboxylic acids is 1. The number of amides is 1. The summed E-state index contributed by atoms with van der Waals surface area (Å²) in [4.78, 5) is 30.4. The summed E-state index contributed by atoms with van der Waals surface area (Å²) in [5.41, 5.74) is 2.38. The quantitative estimate of drug-likeness (QED) is 0.479. The minimum atomic E-state index is -0.250. The number of amidine groups is 1. The molecule has 10 heteroatoms. The van der Waals surface area contributed by atoms with Crippen LogP contribution < -0.4 is 10.2 Å². The van der Waals surface area contributed by atoms with Crippen LogP contribution in [-0.4, -0.2) is 81.8 Å². The highest BCUT2D eigenvalue weighted by Gasteiger charge is 2.34. The van der Waals surface area contributed by atoms with E-state index >= 15 is 0 Å². The first-order valence-corrected chi connectivity index (χ1v) is 12.3. The van der Waals surface area contributed by atoms with Crippen molar-refractivity contribution in [3.05, 3.63) is 40.3 Å². The molecule has 0 saturated carbocycles. The van der Waals surface area contributed by atoms with Gasteiger partial charge in [-0.05, 0) is 70.4 Å². The van der Waals surface area contributed by atoms with Crippen LogP contribution in [0.1, 0.15) is 46.2 Å². The van der Waals surface area contributed by atoms with Crippen molar-refractivity contribution in [2.75, 3.05) is 52.3 Å². The van der Waals surface area contributed by atoms with E-state index in [9.17, 15) is 9.18 Å². The van der Waals surface area contributed by atoms with Crippen molar-refractivity contribution in [3.8, 4) is 0 Å². The van der Waals surface area contributed by atoms with E-state index in [2.05, 4.69) is 36.8 Å². The number of anilines is 1. The molecule has 1 aromatic carbocycles. The first kappa shape index (κ1) is 24.4. The number of thiazole rings is 1. The number of nitrogens with zero attached hydrogens (tertiary/aromatic N) is 5. The third-order valence-corrected chi connectivity index (χ3v) is 7.22. The Hall–Kier alpha value is -2.69. The van der Waals surface area contributed by atoms with Crippen molar-refractivity contribution in [1.29, 1.82) is 0 Å². The summed E-state index contributed by atoms with van der Waals surface area (Å²) in [6.07, 6.45) is 2.46. The van der Waals surface area contributed by atoms with Crippen LogP contribution in [0, 0.1) is 5.82 Å². The lowest BCUT2D eigenvalue weighted by Gasteiger charge is -2.22. The summed E-state index contributed by atoms with van der Waals surface area (Å²) >= 11 is 1.20. The third kappa shape index (κ3) is 5.18. The molecular weight excluding hydrogens is 455 g/mol. The lowest BCUT2D eigenvalue weighted by molar-refractivity contribution is 0.0696. The molecule has 1 unspecified atom stereocenters. The van der Waals surface area contributed by atoms with E-state index in [-0.39, 0.29) is 23.7 Å². The number of aromatic nitrogens is 1. The second kappa shape index (κ2) is 10.7. The monoisotopic (exact) mass is 486 g/mol. The minimum Gasteiger partial charge on any atom is -0.381 e. The fourth-order valence-electron chi connectivity index (χ4n) is 4.48. The van der Waals surface area contributed by atoms with Gasteiger partial charge in [-0.15, -0.1) is 0 Å². The highest BCUT2D eigenvalue weighted by atomic mass is 32.1. The van der Waals surface area contributed by atoms with Crippen molar-refractivity contribution >= 4 is 40.5 Å². The van der Waals surface area contributed by atoms with E-state index < -0.39 is 0 Å². The van der Waals surface area contributed by atoms with Gasteiger partial charge in [-0.3, -0.25) is 14.8 Å². The van der Waals surface area contributed by atoms with Crippen molar-refractivity contribution in [1.82, 2.24) is 15.2 Å². The molecule has 1 fully saturated rings. The van der Waals surface area contributed by atoms with Gasteiger partial charge < -0.3 is 19.9 Å². The van der Waals surface area contributed by atoms with Gasteiger partial charge in [0.2, 0.25) is 0 Å². The van der Waals surface area contributed by atoms with Crippen LogP contribution in [0.2, 0.25) is 0 Å². The van der Waals surface area contributed by atoms with Crippen LogP contribution >= 0.6 is 11.3 Å².